The molecule has 1 aromatic heterocycles. The maximum absolute atomic E-state index is 12.9. The van der Waals surface area contributed by atoms with E-state index in [0.717, 1.165) is 0 Å². The molecule has 0 saturated carbocycles. The van der Waals surface area contributed by atoms with Crippen LogP contribution in [0.1, 0.15) is 51.9 Å². The predicted molar refractivity (Wildman–Crippen MR) is 124 cm³/mol. The molecule has 0 amide bonds. The van der Waals surface area contributed by atoms with Crippen molar-refractivity contribution in [1.29, 1.82) is 0 Å². The van der Waals surface area contributed by atoms with Crippen LogP contribution in [0.15, 0.2) is 27.7 Å². The fraction of sp³-hybridized carbons (Fsp3) is 0.550. The third-order valence-electron chi connectivity index (χ3n) is 3.84. The summed E-state index contributed by atoms with van der Waals surface area (Å²) in [5, 5.41) is 10.2. The highest BCUT2D eigenvalue weighted by molar-refractivity contribution is 14.0. The van der Waals surface area contributed by atoms with E-state index in [-0.39, 0.29) is 47.4 Å². The number of para-hydroxylation sites is 1. The van der Waals surface area contributed by atoms with Crippen LogP contribution >= 0.6 is 24.0 Å². The molecule has 0 radical (unpaired) electrons. The molecule has 0 spiro atoms. The molecule has 1 heterocycles. The molecule has 0 atom stereocenters. The van der Waals surface area contributed by atoms with E-state index in [0.29, 0.717) is 42.9 Å². The molecule has 0 aliphatic heterocycles. The summed E-state index contributed by atoms with van der Waals surface area (Å²) in [5.74, 6) is 1.75. The van der Waals surface area contributed by atoms with Gasteiger partial charge in [-0.1, -0.05) is 38.1 Å². The first kappa shape index (κ1) is 26.9. The van der Waals surface area contributed by atoms with Crippen LogP contribution in [0.4, 0.5) is 8.78 Å². The van der Waals surface area contributed by atoms with Crippen molar-refractivity contribution in [3.8, 4) is 11.5 Å². The highest BCUT2D eigenvalue weighted by atomic mass is 127. The van der Waals surface area contributed by atoms with Crippen molar-refractivity contribution in [3.05, 3.63) is 35.5 Å². The van der Waals surface area contributed by atoms with Crippen molar-refractivity contribution in [2.75, 3.05) is 13.2 Å². The Labute approximate surface area is 198 Å². The molecule has 0 fully saturated rings. The van der Waals surface area contributed by atoms with Crippen LogP contribution in [0.2, 0.25) is 0 Å². The molecule has 1 aromatic carbocycles. The molecular weight excluding hydrogens is 523 g/mol. The van der Waals surface area contributed by atoms with E-state index >= 15 is 0 Å². The second-order valence-electron chi connectivity index (χ2n) is 7.37. The minimum absolute atomic E-state index is 0. The Morgan fingerprint density at radius 2 is 1.97 bits per heavy atom. The molecule has 0 aliphatic rings. The van der Waals surface area contributed by atoms with E-state index in [1.54, 1.807) is 25.1 Å². The molecule has 8 nitrogen and oxygen atoms in total. The van der Waals surface area contributed by atoms with Gasteiger partial charge in [-0.2, -0.15) is 13.8 Å². The van der Waals surface area contributed by atoms with E-state index in [1.807, 2.05) is 27.7 Å². The number of guanidine groups is 1. The molecule has 0 unspecified atom stereocenters. The number of alkyl halides is 2. The number of halogens is 3. The zero-order chi connectivity index (χ0) is 22.1. The lowest BCUT2D eigenvalue weighted by molar-refractivity contribution is -0.0520. The SMILES string of the molecule is CCNC(=NCc1cccc(OCC)c1OC(F)F)NCc1noc(C(C)(C)C)n1.I. The molecule has 0 bridgehead atoms. The highest BCUT2D eigenvalue weighted by Gasteiger charge is 2.21. The number of hydrogen-bond acceptors (Lipinski definition) is 6. The third kappa shape index (κ3) is 8.46. The number of benzene rings is 1. The highest BCUT2D eigenvalue weighted by Crippen LogP contribution is 2.33. The van der Waals surface area contributed by atoms with E-state index in [9.17, 15) is 8.78 Å². The topological polar surface area (TPSA) is 93.8 Å². The average molecular weight is 553 g/mol. The molecule has 2 aromatic rings. The van der Waals surface area contributed by atoms with Crippen molar-refractivity contribution in [3.63, 3.8) is 0 Å². The van der Waals surface area contributed by atoms with Crippen molar-refractivity contribution >= 4 is 29.9 Å². The molecule has 2 N–H and O–H groups in total. The molecule has 31 heavy (non-hydrogen) atoms. The van der Waals surface area contributed by atoms with Gasteiger partial charge in [-0.3, -0.25) is 0 Å². The normalized spacial score (nSPS) is 11.8. The molecule has 174 valence electrons. The van der Waals surface area contributed by atoms with Gasteiger partial charge in [0.1, 0.15) is 0 Å². The summed E-state index contributed by atoms with van der Waals surface area (Å²) < 4.78 is 41.1. The Bertz CT molecular complexity index is 840. The quantitative estimate of drug-likeness (QED) is 0.273. The summed E-state index contributed by atoms with van der Waals surface area (Å²) in [7, 11) is 0. The minimum atomic E-state index is -2.96. The van der Waals surface area contributed by atoms with Crippen LogP contribution in [0.5, 0.6) is 11.5 Å². The maximum atomic E-state index is 12.9. The Morgan fingerprint density at radius 3 is 2.55 bits per heavy atom. The van der Waals surface area contributed by atoms with Gasteiger partial charge >= 0.3 is 6.61 Å². The molecule has 0 saturated heterocycles. The van der Waals surface area contributed by atoms with Gasteiger partial charge in [0.15, 0.2) is 23.3 Å². The largest absolute Gasteiger partial charge is 0.490 e. The molecule has 11 heteroatoms. The monoisotopic (exact) mass is 553 g/mol. The number of hydrogen-bond donors (Lipinski definition) is 2. The molecule has 2 rings (SSSR count). The first-order valence-electron chi connectivity index (χ1n) is 9.79. The van der Waals surface area contributed by atoms with Crippen molar-refractivity contribution in [2.45, 2.75) is 59.7 Å². The fourth-order valence-electron chi connectivity index (χ4n) is 2.48. The zero-order valence-electron chi connectivity index (χ0n) is 18.4. The lowest BCUT2D eigenvalue weighted by Crippen LogP contribution is -2.37. The lowest BCUT2D eigenvalue weighted by atomic mass is 9.97. The van der Waals surface area contributed by atoms with Gasteiger partial charge in [0.25, 0.3) is 0 Å². The van der Waals surface area contributed by atoms with Crippen molar-refractivity contribution in [2.24, 2.45) is 4.99 Å². The van der Waals surface area contributed by atoms with Gasteiger partial charge in [0, 0.05) is 17.5 Å². The zero-order valence-corrected chi connectivity index (χ0v) is 20.7. The summed E-state index contributed by atoms with van der Waals surface area (Å²) in [6.07, 6.45) is 0. The number of nitrogens with zero attached hydrogens (tertiary/aromatic N) is 3. The van der Waals surface area contributed by atoms with Gasteiger partial charge in [0.05, 0.1) is 19.7 Å². The average Bonchev–Trinajstić information content (AvgIpc) is 3.15. The second kappa shape index (κ2) is 12.6. The summed E-state index contributed by atoms with van der Waals surface area (Å²) in [6, 6.07) is 4.96. The summed E-state index contributed by atoms with van der Waals surface area (Å²) in [5.41, 5.74) is 0.240. The summed E-state index contributed by atoms with van der Waals surface area (Å²) in [6.45, 7) is 8.04. The first-order chi connectivity index (χ1) is 14.2. The van der Waals surface area contributed by atoms with Gasteiger partial charge in [-0.25, -0.2) is 4.99 Å². The standard InChI is InChI=1S/C20H29F2N5O3.HI/c1-6-23-19(25-12-15-26-17(30-27-15)20(3,4)5)24-11-13-9-8-10-14(28-7-2)16(13)29-18(21)22;/h8-10,18H,6-7,11-12H2,1-5H3,(H2,23,24,25);1H. The third-order valence-corrected chi connectivity index (χ3v) is 3.84. The van der Waals surface area contributed by atoms with E-state index < -0.39 is 6.61 Å². The first-order valence-corrected chi connectivity index (χ1v) is 9.79. The van der Waals surface area contributed by atoms with E-state index in [2.05, 4.69) is 30.5 Å². The molecular formula is C20H30F2IN5O3. The number of nitrogens with one attached hydrogen (secondary N) is 2. The van der Waals surface area contributed by atoms with E-state index in [1.165, 1.54) is 0 Å². The Morgan fingerprint density at radius 1 is 1.23 bits per heavy atom. The van der Waals surface area contributed by atoms with Gasteiger partial charge in [-0.15, -0.1) is 24.0 Å². The van der Waals surface area contributed by atoms with Crippen LogP contribution in [-0.4, -0.2) is 35.9 Å². The van der Waals surface area contributed by atoms with Crippen molar-refractivity contribution in [1.82, 2.24) is 20.8 Å². The van der Waals surface area contributed by atoms with Crippen LogP contribution in [-0.2, 0) is 18.5 Å². The number of aromatic nitrogens is 2. The van der Waals surface area contributed by atoms with Crippen LogP contribution in [0.3, 0.4) is 0 Å². The second-order valence-corrected chi connectivity index (χ2v) is 7.37. The Kier molecular flexibility index (Phi) is 10.9. The Balaban J connectivity index is 0.00000480. The molecule has 0 aliphatic carbocycles. The van der Waals surface area contributed by atoms with Crippen molar-refractivity contribution < 1.29 is 22.8 Å². The predicted octanol–water partition coefficient (Wildman–Crippen LogP) is 4.24. The number of aliphatic imine (C=N–C) groups is 1. The minimum Gasteiger partial charge on any atom is -0.490 e. The van der Waals surface area contributed by atoms with Gasteiger partial charge in [0.2, 0.25) is 5.89 Å². The smallest absolute Gasteiger partial charge is 0.387 e. The van der Waals surface area contributed by atoms with Crippen LogP contribution in [0, 0.1) is 0 Å². The van der Waals surface area contributed by atoms with Gasteiger partial charge < -0.3 is 24.6 Å². The summed E-state index contributed by atoms with van der Waals surface area (Å²) >= 11 is 0. The Hall–Kier alpha value is -2.18. The lowest BCUT2D eigenvalue weighted by Gasteiger charge is -2.15. The number of rotatable bonds is 9. The van der Waals surface area contributed by atoms with Gasteiger partial charge in [-0.05, 0) is 19.9 Å². The fourth-order valence-corrected chi connectivity index (χ4v) is 2.48. The maximum Gasteiger partial charge on any atom is 0.387 e. The van der Waals surface area contributed by atoms with E-state index in [4.69, 9.17) is 9.26 Å². The summed E-state index contributed by atoms with van der Waals surface area (Å²) in [4.78, 5) is 8.82. The number of ether oxygens (including phenoxy) is 2. The van der Waals surface area contributed by atoms with Crippen LogP contribution < -0.4 is 20.1 Å². The van der Waals surface area contributed by atoms with Crippen LogP contribution in [0.25, 0.3) is 0 Å².